The minimum atomic E-state index is -0.414. The lowest BCUT2D eigenvalue weighted by atomic mass is 9.98. The Kier molecular flexibility index (Phi) is 4.26. The second-order valence-corrected chi connectivity index (χ2v) is 6.62. The van der Waals surface area contributed by atoms with Crippen molar-refractivity contribution in [1.29, 1.82) is 5.26 Å². The van der Waals surface area contributed by atoms with E-state index in [4.69, 9.17) is 0 Å². The van der Waals surface area contributed by atoms with Crippen LogP contribution in [0.1, 0.15) is 33.1 Å². The van der Waals surface area contributed by atoms with E-state index in [1.807, 2.05) is 25.1 Å². The van der Waals surface area contributed by atoms with Gasteiger partial charge in [0.15, 0.2) is 0 Å². The first-order valence-corrected chi connectivity index (χ1v) is 7.26. The Labute approximate surface area is 113 Å². The molecule has 2 unspecified atom stereocenters. The van der Waals surface area contributed by atoms with E-state index >= 15 is 0 Å². The molecule has 1 fully saturated rings. The zero-order chi connectivity index (χ0) is 13.0. The third-order valence-electron chi connectivity index (χ3n) is 3.00. The van der Waals surface area contributed by atoms with Gasteiger partial charge >= 0.3 is 0 Å². The maximum atomic E-state index is 9.34. The second-order valence-electron chi connectivity index (χ2n) is 5.16. The summed E-state index contributed by atoms with van der Waals surface area (Å²) < 4.78 is 0. The van der Waals surface area contributed by atoms with E-state index in [-0.39, 0.29) is 0 Å². The second kappa shape index (κ2) is 5.73. The van der Waals surface area contributed by atoms with Crippen LogP contribution in [0.15, 0.2) is 29.4 Å². The molecule has 1 N–H and O–H groups in total. The van der Waals surface area contributed by atoms with E-state index in [1.54, 1.807) is 18.0 Å². The molecule has 1 saturated carbocycles. The number of hydrogen-bond acceptors (Lipinski definition) is 4. The van der Waals surface area contributed by atoms with Crippen molar-refractivity contribution in [2.45, 2.75) is 55.0 Å². The number of aromatic nitrogens is 1. The normalized spacial score (nSPS) is 19.8. The monoisotopic (exact) mass is 261 g/mol. The Morgan fingerprint density at radius 3 is 2.94 bits per heavy atom. The summed E-state index contributed by atoms with van der Waals surface area (Å²) in [6.07, 6.45) is 5.06. The number of thioether (sulfide) groups is 1. The van der Waals surface area contributed by atoms with Crippen LogP contribution in [0, 0.1) is 11.3 Å². The number of nitrogens with one attached hydrogen (secondary N) is 1. The van der Waals surface area contributed by atoms with Crippen LogP contribution in [-0.4, -0.2) is 21.8 Å². The Hall–Kier alpha value is -1.05. The summed E-state index contributed by atoms with van der Waals surface area (Å²) in [7, 11) is 0. The van der Waals surface area contributed by atoms with Gasteiger partial charge in [-0.05, 0) is 38.3 Å². The highest BCUT2D eigenvalue weighted by Gasteiger charge is 2.33. The lowest BCUT2D eigenvalue weighted by Gasteiger charge is -2.26. The summed E-state index contributed by atoms with van der Waals surface area (Å²) >= 11 is 1.73. The van der Waals surface area contributed by atoms with Gasteiger partial charge in [-0.25, -0.2) is 4.98 Å². The molecule has 3 nitrogen and oxygen atoms in total. The highest BCUT2D eigenvalue weighted by atomic mass is 32.2. The minimum absolute atomic E-state index is 0.371. The van der Waals surface area contributed by atoms with Gasteiger partial charge in [0, 0.05) is 17.5 Å². The van der Waals surface area contributed by atoms with Crippen molar-refractivity contribution in [3.05, 3.63) is 24.4 Å². The van der Waals surface area contributed by atoms with Crippen LogP contribution in [0.3, 0.4) is 0 Å². The summed E-state index contributed by atoms with van der Waals surface area (Å²) in [4.78, 5) is 4.31. The van der Waals surface area contributed by atoms with E-state index in [0.717, 1.165) is 11.4 Å². The van der Waals surface area contributed by atoms with E-state index in [2.05, 4.69) is 23.3 Å². The van der Waals surface area contributed by atoms with E-state index in [9.17, 15) is 5.26 Å². The predicted octanol–water partition coefficient (Wildman–Crippen LogP) is 2.99. The van der Waals surface area contributed by atoms with Gasteiger partial charge in [0.2, 0.25) is 0 Å². The van der Waals surface area contributed by atoms with Crippen molar-refractivity contribution in [3.8, 4) is 6.07 Å². The first kappa shape index (κ1) is 13.4. The van der Waals surface area contributed by atoms with Crippen molar-refractivity contribution >= 4 is 11.8 Å². The predicted molar refractivity (Wildman–Crippen MR) is 74.3 cm³/mol. The first-order valence-electron chi connectivity index (χ1n) is 6.38. The smallest absolute Gasteiger partial charge is 0.105 e. The van der Waals surface area contributed by atoms with Gasteiger partial charge < -0.3 is 0 Å². The maximum Gasteiger partial charge on any atom is 0.105 e. The summed E-state index contributed by atoms with van der Waals surface area (Å²) in [6.45, 7) is 4.16. The molecule has 0 aliphatic heterocycles. The number of nitriles is 1. The molecule has 2 rings (SSSR count). The molecular weight excluding hydrogens is 242 g/mol. The lowest BCUT2D eigenvalue weighted by molar-refractivity contribution is 0.414. The van der Waals surface area contributed by atoms with Crippen LogP contribution >= 0.6 is 11.8 Å². The Bertz CT molecular complexity index is 424. The van der Waals surface area contributed by atoms with Crippen molar-refractivity contribution in [3.63, 3.8) is 0 Å². The van der Waals surface area contributed by atoms with Crippen molar-refractivity contribution < 1.29 is 0 Å². The number of nitrogens with zero attached hydrogens (tertiary/aromatic N) is 2. The summed E-state index contributed by atoms with van der Waals surface area (Å²) in [5, 5.41) is 14.2. The van der Waals surface area contributed by atoms with Crippen molar-refractivity contribution in [1.82, 2.24) is 10.3 Å². The minimum Gasteiger partial charge on any atom is -0.297 e. The van der Waals surface area contributed by atoms with Crippen molar-refractivity contribution in [2.75, 3.05) is 0 Å². The molecule has 1 heterocycles. The molecule has 0 spiro atoms. The molecule has 18 heavy (non-hydrogen) atoms. The zero-order valence-electron chi connectivity index (χ0n) is 10.9. The van der Waals surface area contributed by atoms with Crippen LogP contribution in [0.5, 0.6) is 0 Å². The van der Waals surface area contributed by atoms with Gasteiger partial charge in [-0.1, -0.05) is 13.0 Å². The third kappa shape index (κ3) is 4.01. The Morgan fingerprint density at radius 1 is 1.61 bits per heavy atom. The molecule has 96 valence electrons. The third-order valence-corrected chi connectivity index (χ3v) is 4.05. The molecule has 1 aromatic rings. The van der Waals surface area contributed by atoms with Gasteiger partial charge in [0.05, 0.1) is 11.1 Å². The molecule has 4 heteroatoms. The van der Waals surface area contributed by atoms with Gasteiger partial charge in [0.25, 0.3) is 0 Å². The molecule has 0 saturated heterocycles. The highest BCUT2D eigenvalue weighted by Crippen LogP contribution is 2.29. The largest absolute Gasteiger partial charge is 0.297 e. The maximum absolute atomic E-state index is 9.34. The average Bonchev–Trinajstić information content (AvgIpc) is 3.13. The number of hydrogen-bond donors (Lipinski definition) is 1. The lowest BCUT2D eigenvalue weighted by Crippen LogP contribution is -2.44. The molecule has 1 aromatic heterocycles. The van der Waals surface area contributed by atoms with E-state index in [0.29, 0.717) is 11.3 Å². The first-order chi connectivity index (χ1) is 8.61. The molecule has 2 atom stereocenters. The van der Waals surface area contributed by atoms with Gasteiger partial charge in [0.1, 0.15) is 5.54 Å². The standard InChI is InChI=1S/C14H19N3S/c1-11(18-13-5-3-4-8-16-13)9-14(2,10-15)17-12-6-7-12/h3-5,8,11-12,17H,6-7,9H2,1-2H3. The molecule has 0 radical (unpaired) electrons. The van der Waals surface area contributed by atoms with Gasteiger partial charge in [-0.15, -0.1) is 11.8 Å². The fourth-order valence-electron chi connectivity index (χ4n) is 2.05. The summed E-state index contributed by atoms with van der Waals surface area (Å²) in [5.41, 5.74) is -0.414. The summed E-state index contributed by atoms with van der Waals surface area (Å²) in [5.74, 6) is 0. The van der Waals surface area contributed by atoms with Crippen LogP contribution in [0.4, 0.5) is 0 Å². The summed E-state index contributed by atoms with van der Waals surface area (Å²) in [6, 6.07) is 8.91. The fraction of sp³-hybridized carbons (Fsp3) is 0.571. The molecule has 0 bridgehead atoms. The van der Waals surface area contributed by atoms with Crippen LogP contribution in [-0.2, 0) is 0 Å². The number of rotatable bonds is 6. The molecule has 1 aliphatic rings. The Morgan fingerprint density at radius 2 is 2.39 bits per heavy atom. The van der Waals surface area contributed by atoms with Crippen LogP contribution in [0.25, 0.3) is 0 Å². The van der Waals surface area contributed by atoms with Crippen molar-refractivity contribution in [2.24, 2.45) is 0 Å². The Balaban J connectivity index is 1.89. The van der Waals surface area contributed by atoms with E-state index < -0.39 is 5.54 Å². The molecular formula is C14H19N3S. The molecule has 1 aliphatic carbocycles. The zero-order valence-corrected chi connectivity index (χ0v) is 11.7. The average molecular weight is 261 g/mol. The van der Waals surface area contributed by atoms with Gasteiger partial charge in [-0.2, -0.15) is 5.26 Å². The number of pyridine rings is 1. The molecule has 0 aromatic carbocycles. The quantitative estimate of drug-likeness (QED) is 0.800. The topological polar surface area (TPSA) is 48.7 Å². The SMILES string of the molecule is CC(CC(C)(C#N)NC1CC1)Sc1ccccn1. The van der Waals surface area contributed by atoms with Gasteiger partial charge in [-0.3, -0.25) is 5.32 Å². The van der Waals surface area contributed by atoms with Crippen LogP contribution in [0.2, 0.25) is 0 Å². The van der Waals surface area contributed by atoms with Crippen LogP contribution < -0.4 is 5.32 Å². The highest BCUT2D eigenvalue weighted by molar-refractivity contribution is 7.99. The fourth-order valence-corrected chi connectivity index (χ4v) is 3.16. The van der Waals surface area contributed by atoms with E-state index in [1.165, 1.54) is 12.8 Å². The molecule has 0 amide bonds.